The third-order valence-corrected chi connectivity index (χ3v) is 5.72. The molecule has 1 saturated carbocycles. The van der Waals surface area contributed by atoms with Crippen LogP contribution in [0.2, 0.25) is 0 Å². The monoisotopic (exact) mass is 368 g/mol. The van der Waals surface area contributed by atoms with Gasteiger partial charge in [-0.25, -0.2) is 0 Å². The minimum atomic E-state index is -0.226. The van der Waals surface area contributed by atoms with Crippen LogP contribution >= 0.6 is 0 Å². The van der Waals surface area contributed by atoms with Crippen molar-refractivity contribution in [1.29, 1.82) is 0 Å². The fraction of sp³-hybridized carbons (Fsp3) is 0.476. The molecule has 1 aromatic carbocycles. The number of ether oxygens (including phenoxy) is 1. The van der Waals surface area contributed by atoms with Gasteiger partial charge in [-0.3, -0.25) is 9.59 Å². The van der Waals surface area contributed by atoms with Gasteiger partial charge >= 0.3 is 5.97 Å². The Balaban J connectivity index is 1.34. The number of piperidine rings is 1. The van der Waals surface area contributed by atoms with E-state index in [0.717, 1.165) is 29.9 Å². The Labute approximate surface area is 158 Å². The number of carbonyl (C=O) groups is 2. The van der Waals surface area contributed by atoms with Crippen LogP contribution in [0.15, 0.2) is 40.9 Å². The lowest BCUT2D eigenvalue weighted by Gasteiger charge is -2.30. The molecule has 6 heteroatoms. The Bertz CT molecular complexity index is 818. The molecular weight excluding hydrogens is 344 g/mol. The minimum absolute atomic E-state index is 0.0679. The average Bonchev–Trinajstić information content (AvgIpc) is 3.33. The number of amides is 1. The zero-order valence-corrected chi connectivity index (χ0v) is 15.5. The van der Waals surface area contributed by atoms with Crippen molar-refractivity contribution in [3.05, 3.63) is 42.2 Å². The lowest BCUT2D eigenvalue weighted by Crippen LogP contribution is -2.39. The number of hydrogen-bond donors (Lipinski definition) is 0. The number of likely N-dealkylation sites (tertiary alicyclic amines) is 1. The second kappa shape index (κ2) is 7.18. The third kappa shape index (κ3) is 3.75. The van der Waals surface area contributed by atoms with Crippen molar-refractivity contribution >= 4 is 11.9 Å². The molecule has 27 heavy (non-hydrogen) atoms. The van der Waals surface area contributed by atoms with Crippen molar-refractivity contribution in [3.8, 4) is 11.3 Å². The second-order valence-corrected chi connectivity index (χ2v) is 7.61. The number of aromatic nitrogens is 1. The summed E-state index contributed by atoms with van der Waals surface area (Å²) in [6.07, 6.45) is 3.22. The number of nitrogens with zero attached hydrogens (tertiary/aromatic N) is 2. The number of carbonyl (C=O) groups excluding carboxylic acids is 2. The molecule has 4 rings (SSSR count). The molecule has 1 aliphatic carbocycles. The summed E-state index contributed by atoms with van der Waals surface area (Å²) in [6, 6.07) is 11.9. The smallest absolute Gasteiger partial charge is 0.309 e. The van der Waals surface area contributed by atoms with Crippen LogP contribution in [-0.2, 0) is 19.7 Å². The van der Waals surface area contributed by atoms with E-state index in [1.165, 1.54) is 0 Å². The lowest BCUT2D eigenvalue weighted by molar-refractivity contribution is -0.152. The van der Waals surface area contributed by atoms with Gasteiger partial charge < -0.3 is 14.2 Å². The van der Waals surface area contributed by atoms with Crippen LogP contribution in [0.3, 0.4) is 0 Å². The van der Waals surface area contributed by atoms with Crippen LogP contribution in [0.1, 0.15) is 38.4 Å². The maximum atomic E-state index is 12.4. The Hall–Kier alpha value is -2.63. The summed E-state index contributed by atoms with van der Waals surface area (Å²) >= 11 is 0. The topological polar surface area (TPSA) is 72.6 Å². The minimum Gasteiger partial charge on any atom is -0.464 e. The average molecular weight is 368 g/mol. The fourth-order valence-electron chi connectivity index (χ4n) is 3.64. The first-order chi connectivity index (χ1) is 13.1. The first kappa shape index (κ1) is 17.8. The van der Waals surface area contributed by atoms with E-state index in [4.69, 9.17) is 9.26 Å². The zero-order chi connectivity index (χ0) is 18.9. The molecule has 1 amide bonds. The van der Waals surface area contributed by atoms with Crippen LogP contribution in [0.5, 0.6) is 0 Å². The highest BCUT2D eigenvalue weighted by Gasteiger charge is 2.49. The van der Waals surface area contributed by atoms with E-state index in [2.05, 4.69) is 5.16 Å². The van der Waals surface area contributed by atoms with Crippen molar-refractivity contribution in [2.24, 2.45) is 5.92 Å². The van der Waals surface area contributed by atoms with Crippen LogP contribution in [0.4, 0.5) is 0 Å². The number of rotatable bonds is 5. The molecule has 1 aromatic heterocycles. The summed E-state index contributed by atoms with van der Waals surface area (Å²) in [5.74, 6) is 0.581. The summed E-state index contributed by atoms with van der Waals surface area (Å²) in [6.45, 7) is 3.16. The van der Waals surface area contributed by atoms with Gasteiger partial charge in [0.1, 0.15) is 18.1 Å². The molecule has 0 spiro atoms. The highest BCUT2D eigenvalue weighted by Crippen LogP contribution is 2.49. The van der Waals surface area contributed by atoms with E-state index in [-0.39, 0.29) is 23.2 Å². The molecule has 0 radical (unpaired) electrons. The van der Waals surface area contributed by atoms with Crippen LogP contribution in [0, 0.1) is 5.92 Å². The molecule has 0 atom stereocenters. The maximum Gasteiger partial charge on any atom is 0.309 e. The fourth-order valence-corrected chi connectivity index (χ4v) is 3.64. The molecule has 0 N–H and O–H groups in total. The molecule has 2 heterocycles. The number of benzene rings is 1. The quantitative estimate of drug-likeness (QED) is 0.758. The van der Waals surface area contributed by atoms with Crippen LogP contribution < -0.4 is 0 Å². The van der Waals surface area contributed by atoms with Gasteiger partial charge in [0, 0.05) is 31.6 Å². The van der Waals surface area contributed by atoms with Crippen molar-refractivity contribution in [3.63, 3.8) is 0 Å². The lowest BCUT2D eigenvalue weighted by atomic mass is 9.97. The molecule has 2 aromatic rings. The van der Waals surface area contributed by atoms with Gasteiger partial charge in [0.2, 0.25) is 5.91 Å². The Morgan fingerprint density at radius 2 is 1.93 bits per heavy atom. The number of esters is 1. The van der Waals surface area contributed by atoms with Crippen LogP contribution in [0.25, 0.3) is 11.3 Å². The molecule has 0 bridgehead atoms. The van der Waals surface area contributed by atoms with Gasteiger partial charge in [0.15, 0.2) is 0 Å². The summed E-state index contributed by atoms with van der Waals surface area (Å²) in [5.41, 5.74) is 1.59. The molecule has 6 nitrogen and oxygen atoms in total. The molecule has 1 aliphatic heterocycles. The van der Waals surface area contributed by atoms with Crippen molar-refractivity contribution in [2.45, 2.75) is 38.0 Å². The van der Waals surface area contributed by atoms with E-state index in [0.29, 0.717) is 32.5 Å². The standard InChI is InChI=1S/C21H24N2O4/c1-15(24)23-11-7-17(8-12-23)20(25)26-14-21(9-10-21)19-13-18(22-27-19)16-5-3-2-4-6-16/h2-6,13,17H,7-12,14H2,1H3. The number of hydrogen-bond acceptors (Lipinski definition) is 5. The van der Waals surface area contributed by atoms with Gasteiger partial charge in [0.05, 0.1) is 11.3 Å². The Kier molecular flexibility index (Phi) is 4.72. The summed E-state index contributed by atoms with van der Waals surface area (Å²) in [4.78, 5) is 25.6. The highest BCUT2D eigenvalue weighted by molar-refractivity contribution is 5.75. The summed E-state index contributed by atoms with van der Waals surface area (Å²) < 4.78 is 11.2. The van der Waals surface area contributed by atoms with Gasteiger partial charge in [-0.2, -0.15) is 0 Å². The predicted molar refractivity (Wildman–Crippen MR) is 98.8 cm³/mol. The van der Waals surface area contributed by atoms with E-state index < -0.39 is 0 Å². The second-order valence-electron chi connectivity index (χ2n) is 7.61. The van der Waals surface area contributed by atoms with Gasteiger partial charge in [0.25, 0.3) is 0 Å². The summed E-state index contributed by atoms with van der Waals surface area (Å²) in [7, 11) is 0. The van der Waals surface area contributed by atoms with Gasteiger partial charge in [-0.05, 0) is 25.7 Å². The first-order valence-corrected chi connectivity index (χ1v) is 9.52. The largest absolute Gasteiger partial charge is 0.464 e. The molecule has 2 aliphatic rings. The van der Waals surface area contributed by atoms with E-state index in [1.54, 1.807) is 11.8 Å². The van der Waals surface area contributed by atoms with Gasteiger partial charge in [-0.15, -0.1) is 0 Å². The molecule has 2 fully saturated rings. The summed E-state index contributed by atoms with van der Waals surface area (Å²) in [5, 5.41) is 4.18. The maximum absolute atomic E-state index is 12.4. The zero-order valence-electron chi connectivity index (χ0n) is 15.5. The molecule has 1 saturated heterocycles. The normalized spacial score (nSPS) is 18.9. The van der Waals surface area contributed by atoms with Crippen molar-refractivity contribution in [2.75, 3.05) is 19.7 Å². The predicted octanol–water partition coefficient (Wildman–Crippen LogP) is 3.17. The van der Waals surface area contributed by atoms with E-state index in [9.17, 15) is 9.59 Å². The van der Waals surface area contributed by atoms with Gasteiger partial charge in [-0.1, -0.05) is 35.5 Å². The van der Waals surface area contributed by atoms with Crippen molar-refractivity contribution in [1.82, 2.24) is 10.1 Å². The molecule has 0 unspecified atom stereocenters. The highest BCUT2D eigenvalue weighted by atomic mass is 16.5. The third-order valence-electron chi connectivity index (χ3n) is 5.72. The molecule has 142 valence electrons. The molecular formula is C21H24N2O4. The Morgan fingerprint density at radius 1 is 1.22 bits per heavy atom. The van der Waals surface area contributed by atoms with E-state index in [1.807, 2.05) is 36.4 Å². The van der Waals surface area contributed by atoms with E-state index >= 15 is 0 Å². The Morgan fingerprint density at radius 3 is 2.56 bits per heavy atom. The van der Waals surface area contributed by atoms with Crippen LogP contribution in [-0.4, -0.2) is 41.6 Å². The van der Waals surface area contributed by atoms with Crippen molar-refractivity contribution < 1.29 is 18.8 Å². The first-order valence-electron chi connectivity index (χ1n) is 9.52. The SMILES string of the molecule is CC(=O)N1CCC(C(=O)OCC2(c3cc(-c4ccccc4)no3)CC2)CC1.